The van der Waals surface area contributed by atoms with E-state index < -0.39 is 0 Å². The van der Waals surface area contributed by atoms with E-state index >= 15 is 9.59 Å². The summed E-state index contributed by atoms with van der Waals surface area (Å²) in [4.78, 5) is 51.0. The molecule has 2 unspecified atom stereocenters. The van der Waals surface area contributed by atoms with Crippen LogP contribution in [-0.2, 0) is 20.7 Å². The Hall–Kier alpha value is -4.27. The highest BCUT2D eigenvalue weighted by molar-refractivity contribution is 7.29. The van der Waals surface area contributed by atoms with Crippen molar-refractivity contribution in [3.8, 4) is 10.4 Å². The van der Waals surface area contributed by atoms with Crippen molar-refractivity contribution in [2.45, 2.75) is 223 Å². The molecule has 8 heteroatoms. The number of nitrogens with zero attached hydrogens (tertiary/aromatic N) is 2. The number of anilines is 2. The summed E-state index contributed by atoms with van der Waals surface area (Å²) in [5.41, 5.74) is 7.55. The van der Waals surface area contributed by atoms with E-state index in [1.165, 1.54) is 145 Å². The fraction of sp³-hybridized carbons (Fsp3) is 0.597. The Morgan fingerprint density at radius 2 is 1.03 bits per heavy atom. The SMILES string of the molecule is CC.CCCCCCCCC(CCCCCC)CN1C(=O)/C(=C2/C(=O)N(CC(CCCCCC)CCCCCCCC)c3cc(-c4cc5cc(C(=O)OC)c6cc(CC(C)C)sc6c5s4)ccc32)c2ccc(C)cc21. The molecule has 2 aromatic heterocycles. The summed E-state index contributed by atoms with van der Waals surface area (Å²) >= 11 is 3.55. The minimum atomic E-state index is -0.317. The van der Waals surface area contributed by atoms with Crippen LogP contribution in [0.1, 0.15) is 241 Å². The molecule has 2 aliphatic heterocycles. The van der Waals surface area contributed by atoms with Gasteiger partial charge in [0, 0.05) is 39.4 Å². The highest BCUT2D eigenvalue weighted by Crippen LogP contribution is 2.50. The Bertz CT molecular complexity index is 2650. The number of unbranched alkanes of at least 4 members (excludes halogenated alkanes) is 16. The quantitative estimate of drug-likeness (QED) is 0.0244. The molecule has 7 rings (SSSR count). The molecule has 0 saturated heterocycles. The zero-order chi connectivity index (χ0) is 53.9. The first-order valence-corrected chi connectivity index (χ1v) is 31.9. The molecule has 0 N–H and O–H groups in total. The number of benzene rings is 3. The zero-order valence-corrected chi connectivity index (χ0v) is 50.0. The number of carbonyl (C=O) groups is 3. The third-order valence-corrected chi connectivity index (χ3v) is 18.3. The van der Waals surface area contributed by atoms with Gasteiger partial charge in [-0.1, -0.05) is 208 Å². The van der Waals surface area contributed by atoms with Crippen LogP contribution >= 0.6 is 22.7 Å². The topological polar surface area (TPSA) is 66.9 Å². The molecule has 3 aromatic carbocycles. The van der Waals surface area contributed by atoms with Crippen molar-refractivity contribution in [3.63, 3.8) is 0 Å². The van der Waals surface area contributed by atoms with Crippen LogP contribution in [0.4, 0.5) is 11.4 Å². The lowest BCUT2D eigenvalue weighted by molar-refractivity contribution is -0.114. The first kappa shape index (κ1) is 60.0. The van der Waals surface area contributed by atoms with Gasteiger partial charge in [0.25, 0.3) is 11.8 Å². The second-order valence-electron chi connectivity index (χ2n) is 22.4. The summed E-state index contributed by atoms with van der Waals surface area (Å²) in [5.74, 6) is 0.895. The molecule has 0 fully saturated rings. The number of methoxy groups -OCH3 is 1. The van der Waals surface area contributed by atoms with Crippen molar-refractivity contribution in [3.05, 3.63) is 81.7 Å². The molecule has 0 aliphatic carbocycles. The van der Waals surface area contributed by atoms with Gasteiger partial charge in [0.15, 0.2) is 0 Å². The van der Waals surface area contributed by atoms with Crippen molar-refractivity contribution >= 4 is 83.2 Å². The lowest BCUT2D eigenvalue weighted by atomic mass is 9.93. The Kier molecular flexibility index (Phi) is 24.5. The van der Waals surface area contributed by atoms with Gasteiger partial charge in [-0.25, -0.2) is 4.79 Å². The molecule has 5 aromatic rings. The molecule has 4 heterocycles. The number of hydrogen-bond acceptors (Lipinski definition) is 6. The number of aryl methyl sites for hydroxylation is 1. The lowest BCUT2D eigenvalue weighted by Gasteiger charge is -2.25. The second kappa shape index (κ2) is 30.6. The van der Waals surface area contributed by atoms with Crippen LogP contribution in [0, 0.1) is 24.7 Å². The fourth-order valence-corrected chi connectivity index (χ4v) is 14.4. The molecule has 0 bridgehead atoms. The van der Waals surface area contributed by atoms with Gasteiger partial charge in [0.05, 0.1) is 44.6 Å². The Morgan fingerprint density at radius 1 is 0.560 bits per heavy atom. The minimum Gasteiger partial charge on any atom is -0.465 e. The van der Waals surface area contributed by atoms with Crippen molar-refractivity contribution in [1.29, 1.82) is 0 Å². The van der Waals surface area contributed by atoms with Crippen LogP contribution in [0.3, 0.4) is 0 Å². The molecule has 0 saturated carbocycles. The first-order valence-electron chi connectivity index (χ1n) is 30.2. The summed E-state index contributed by atoms with van der Waals surface area (Å²) in [6, 6.07) is 19.4. The predicted octanol–water partition coefficient (Wildman–Crippen LogP) is 20.4. The smallest absolute Gasteiger partial charge is 0.338 e. The van der Waals surface area contributed by atoms with Crippen LogP contribution in [0.2, 0.25) is 0 Å². The largest absolute Gasteiger partial charge is 0.465 e. The summed E-state index contributed by atoms with van der Waals surface area (Å²) in [6.45, 7) is 21.0. The molecule has 2 amide bonds. The molecule has 2 aliphatic rings. The summed E-state index contributed by atoms with van der Waals surface area (Å²) in [5, 5.41) is 1.98. The monoisotopic (exact) mass is 1060 g/mol. The molecule has 410 valence electrons. The third-order valence-electron chi connectivity index (χ3n) is 15.8. The van der Waals surface area contributed by atoms with Gasteiger partial charge in [-0.15, -0.1) is 22.7 Å². The van der Waals surface area contributed by atoms with Crippen molar-refractivity contribution in [1.82, 2.24) is 0 Å². The maximum Gasteiger partial charge on any atom is 0.338 e. The Labute approximate surface area is 462 Å². The van der Waals surface area contributed by atoms with Gasteiger partial charge >= 0.3 is 5.97 Å². The van der Waals surface area contributed by atoms with Gasteiger partial charge in [-0.2, -0.15) is 0 Å². The van der Waals surface area contributed by atoms with Gasteiger partial charge in [-0.3, -0.25) is 9.59 Å². The fourth-order valence-electron chi connectivity index (χ4n) is 11.7. The van der Waals surface area contributed by atoms with Gasteiger partial charge < -0.3 is 14.5 Å². The summed E-state index contributed by atoms with van der Waals surface area (Å²) in [6.07, 6.45) is 30.2. The van der Waals surface area contributed by atoms with E-state index in [2.05, 4.69) is 107 Å². The van der Waals surface area contributed by atoms with Crippen LogP contribution in [0.5, 0.6) is 0 Å². The summed E-state index contributed by atoms with van der Waals surface area (Å²) < 4.78 is 7.63. The van der Waals surface area contributed by atoms with E-state index in [9.17, 15) is 4.79 Å². The van der Waals surface area contributed by atoms with E-state index in [0.717, 1.165) is 86.1 Å². The highest BCUT2D eigenvalue weighted by Gasteiger charge is 2.43. The molecule has 6 nitrogen and oxygen atoms in total. The number of hydrogen-bond donors (Lipinski definition) is 0. The van der Waals surface area contributed by atoms with Gasteiger partial charge in [-0.05, 0) is 104 Å². The maximum absolute atomic E-state index is 15.7. The number of ether oxygens (including phenoxy) is 1. The Morgan fingerprint density at radius 3 is 1.52 bits per heavy atom. The van der Waals surface area contributed by atoms with Gasteiger partial charge in [0.2, 0.25) is 0 Å². The predicted molar refractivity (Wildman–Crippen MR) is 327 cm³/mol. The molecule has 0 spiro atoms. The zero-order valence-electron chi connectivity index (χ0n) is 48.4. The number of esters is 1. The normalized spacial score (nSPS) is 15.1. The van der Waals surface area contributed by atoms with Crippen molar-refractivity contribution in [2.75, 3.05) is 30.0 Å². The molecule has 0 radical (unpaired) electrons. The average molecular weight is 1060 g/mol. The minimum absolute atomic E-state index is 0.0201. The van der Waals surface area contributed by atoms with E-state index in [-0.39, 0.29) is 17.8 Å². The van der Waals surface area contributed by atoms with Crippen LogP contribution < -0.4 is 9.80 Å². The number of rotatable bonds is 32. The Balaban J connectivity index is 0.00000452. The molecule has 2 atom stereocenters. The van der Waals surface area contributed by atoms with Crippen molar-refractivity contribution < 1.29 is 19.1 Å². The number of carbonyl (C=O) groups excluding carboxylic acids is 3. The van der Waals surface area contributed by atoms with Gasteiger partial charge in [0.1, 0.15) is 0 Å². The molecular weight excluding hydrogens is 961 g/mol. The summed E-state index contributed by atoms with van der Waals surface area (Å²) in [7, 11) is 1.46. The number of thiophene rings is 2. The standard InChI is InChI=1S/C65H90N2O4S2.C2H6/c1-9-13-17-21-23-27-31-47(29-25-19-15-11-3)43-66-56-38-46(7)33-35-52(56)59(63(66)68)60-53-36-34-49(40-57(53)67(64(60)69)44-48(30-26-20-16-12-4)32-28-24-22-18-14-10-2)58-41-50-39-55(65(70)71-8)54-42-51(37-45(5)6)72-62(54)61(50)73-58;1-2/h33-36,38-42,45,47-48H,9-32,37,43-44H2,1-8H3;1-2H3/b60-59+;. The van der Waals surface area contributed by atoms with E-state index in [1.54, 1.807) is 22.7 Å². The van der Waals surface area contributed by atoms with E-state index in [0.29, 0.717) is 47.6 Å². The third kappa shape index (κ3) is 15.5. The molecule has 75 heavy (non-hydrogen) atoms. The number of fused-ring (bicyclic) bond motifs is 5. The second-order valence-corrected chi connectivity index (χ2v) is 24.6. The lowest BCUT2D eigenvalue weighted by Crippen LogP contribution is -2.34. The number of amides is 2. The average Bonchev–Trinajstić information content (AvgIpc) is 4.16. The van der Waals surface area contributed by atoms with Crippen LogP contribution in [0.15, 0.2) is 54.6 Å². The van der Waals surface area contributed by atoms with E-state index in [1.807, 2.05) is 19.9 Å². The maximum atomic E-state index is 15.7. The molecular formula is C67H96N2O4S2. The van der Waals surface area contributed by atoms with Crippen LogP contribution in [-0.4, -0.2) is 38.0 Å². The van der Waals surface area contributed by atoms with E-state index in [4.69, 9.17) is 4.74 Å². The van der Waals surface area contributed by atoms with Crippen LogP contribution in [0.25, 0.3) is 41.8 Å². The first-order chi connectivity index (χ1) is 36.5. The van der Waals surface area contributed by atoms with Crippen molar-refractivity contribution in [2.24, 2.45) is 17.8 Å². The highest BCUT2D eigenvalue weighted by atomic mass is 32.1.